The maximum absolute atomic E-state index is 13.7. The minimum absolute atomic E-state index is 0.00482. The van der Waals surface area contributed by atoms with Crippen LogP contribution in [0.4, 0.5) is 8.78 Å². The Morgan fingerprint density at radius 1 is 1.24 bits per heavy atom. The largest absolute Gasteiger partial charge is 0.343 e. The van der Waals surface area contributed by atoms with E-state index in [-0.39, 0.29) is 22.5 Å². The highest BCUT2D eigenvalue weighted by molar-refractivity contribution is 9.10. The van der Waals surface area contributed by atoms with E-state index in [1.54, 1.807) is 0 Å². The Morgan fingerprint density at radius 3 is 2.67 bits per heavy atom. The number of nitrogens with zero attached hydrogens (tertiary/aromatic N) is 1. The Labute approximate surface area is 131 Å². The number of rotatable bonds is 5. The summed E-state index contributed by atoms with van der Waals surface area (Å²) in [7, 11) is 0. The lowest BCUT2D eigenvalue weighted by atomic mass is 10.1. The third-order valence-electron chi connectivity index (χ3n) is 3.67. The molecule has 0 bridgehead atoms. The highest BCUT2D eigenvalue weighted by Gasteiger charge is 2.16. The molecule has 6 heteroatoms. The van der Waals surface area contributed by atoms with Crippen LogP contribution in [0, 0.1) is 11.6 Å². The van der Waals surface area contributed by atoms with Gasteiger partial charge in [0.2, 0.25) is 5.91 Å². The number of benzene rings is 1. The predicted molar refractivity (Wildman–Crippen MR) is 80.8 cm³/mol. The summed E-state index contributed by atoms with van der Waals surface area (Å²) >= 11 is 3.03. The van der Waals surface area contributed by atoms with Crippen molar-refractivity contribution >= 4 is 21.8 Å². The molecule has 0 radical (unpaired) electrons. The standard InChI is InChI=1S/C15H19BrF2N2O/c16-12-4-5-13(17)11(15(12)18)10-19-7-6-14(21)20-8-2-1-3-9-20/h4-5,19H,1-3,6-10H2. The molecule has 1 N–H and O–H groups in total. The van der Waals surface area contributed by atoms with Crippen LogP contribution in [0.3, 0.4) is 0 Å². The molecule has 1 aromatic carbocycles. The average Bonchev–Trinajstić information content (AvgIpc) is 2.51. The summed E-state index contributed by atoms with van der Waals surface area (Å²) in [4.78, 5) is 13.8. The van der Waals surface area contributed by atoms with E-state index in [1.807, 2.05) is 4.90 Å². The van der Waals surface area contributed by atoms with Gasteiger partial charge in [0.15, 0.2) is 0 Å². The second kappa shape index (κ2) is 7.84. The monoisotopic (exact) mass is 360 g/mol. The minimum atomic E-state index is -0.593. The number of hydrogen-bond acceptors (Lipinski definition) is 2. The summed E-state index contributed by atoms with van der Waals surface area (Å²) in [6, 6.07) is 2.57. The van der Waals surface area contributed by atoms with Crippen molar-refractivity contribution in [3.8, 4) is 0 Å². The van der Waals surface area contributed by atoms with E-state index in [9.17, 15) is 13.6 Å². The van der Waals surface area contributed by atoms with E-state index in [0.717, 1.165) is 25.9 Å². The SMILES string of the molecule is O=C(CCNCc1c(F)ccc(Br)c1F)N1CCCCC1. The van der Waals surface area contributed by atoms with Crippen molar-refractivity contribution in [2.75, 3.05) is 19.6 Å². The Hall–Kier alpha value is -1.01. The molecule has 0 atom stereocenters. The number of amides is 1. The topological polar surface area (TPSA) is 32.3 Å². The molecule has 0 aliphatic carbocycles. The second-order valence-electron chi connectivity index (χ2n) is 5.19. The molecule has 0 spiro atoms. The maximum atomic E-state index is 13.7. The van der Waals surface area contributed by atoms with Crippen molar-refractivity contribution in [1.82, 2.24) is 10.2 Å². The molecule has 0 unspecified atom stereocenters. The summed E-state index contributed by atoms with van der Waals surface area (Å²) in [5, 5.41) is 2.93. The van der Waals surface area contributed by atoms with E-state index in [2.05, 4.69) is 21.2 Å². The van der Waals surface area contributed by atoms with Gasteiger partial charge in [-0.05, 0) is 47.3 Å². The zero-order chi connectivity index (χ0) is 15.2. The van der Waals surface area contributed by atoms with Crippen molar-refractivity contribution in [1.29, 1.82) is 0 Å². The van der Waals surface area contributed by atoms with Gasteiger partial charge in [0.1, 0.15) is 11.6 Å². The summed E-state index contributed by atoms with van der Waals surface area (Å²) < 4.78 is 27.5. The van der Waals surface area contributed by atoms with E-state index in [0.29, 0.717) is 13.0 Å². The molecule has 1 fully saturated rings. The molecule has 3 nitrogen and oxygen atoms in total. The molecule has 1 aliphatic rings. The Kier molecular flexibility index (Phi) is 6.11. The number of halogens is 3. The molecule has 0 saturated carbocycles. The molecule has 0 aromatic heterocycles. The first-order valence-electron chi connectivity index (χ1n) is 7.20. The Bertz CT molecular complexity index is 505. The van der Waals surface area contributed by atoms with Crippen molar-refractivity contribution in [2.24, 2.45) is 0 Å². The van der Waals surface area contributed by atoms with Crippen LogP contribution >= 0.6 is 15.9 Å². The molecule has 1 aromatic rings. The fourth-order valence-electron chi connectivity index (χ4n) is 2.44. The van der Waals surface area contributed by atoms with E-state index in [1.165, 1.54) is 18.6 Å². The Balaban J connectivity index is 1.77. The van der Waals surface area contributed by atoms with Gasteiger partial charge >= 0.3 is 0 Å². The summed E-state index contributed by atoms with van der Waals surface area (Å²) in [5.74, 6) is -1.06. The van der Waals surface area contributed by atoms with Crippen molar-refractivity contribution in [3.63, 3.8) is 0 Å². The maximum Gasteiger partial charge on any atom is 0.223 e. The summed E-state index contributed by atoms with van der Waals surface area (Å²) in [6.45, 7) is 2.15. The minimum Gasteiger partial charge on any atom is -0.343 e. The van der Waals surface area contributed by atoms with E-state index >= 15 is 0 Å². The van der Waals surface area contributed by atoms with Crippen molar-refractivity contribution in [3.05, 3.63) is 33.8 Å². The van der Waals surface area contributed by atoms with Crippen molar-refractivity contribution < 1.29 is 13.6 Å². The van der Waals surface area contributed by atoms with Gasteiger partial charge in [-0.2, -0.15) is 0 Å². The molecule has 1 heterocycles. The van der Waals surface area contributed by atoms with Crippen LogP contribution in [0.25, 0.3) is 0 Å². The number of nitrogens with one attached hydrogen (secondary N) is 1. The number of carbonyl (C=O) groups is 1. The summed E-state index contributed by atoms with van der Waals surface area (Å²) in [5.41, 5.74) is -0.00482. The lowest BCUT2D eigenvalue weighted by Crippen LogP contribution is -2.37. The van der Waals surface area contributed by atoms with Crippen LogP contribution in [0.2, 0.25) is 0 Å². The first-order valence-corrected chi connectivity index (χ1v) is 8.00. The van der Waals surface area contributed by atoms with Gasteiger partial charge in [-0.3, -0.25) is 4.79 Å². The second-order valence-corrected chi connectivity index (χ2v) is 6.04. The molecule has 1 saturated heterocycles. The van der Waals surface area contributed by atoms with Gasteiger partial charge in [0, 0.05) is 38.2 Å². The van der Waals surface area contributed by atoms with Gasteiger partial charge < -0.3 is 10.2 Å². The smallest absolute Gasteiger partial charge is 0.223 e. The molecule has 1 aliphatic heterocycles. The van der Waals surface area contributed by atoms with E-state index < -0.39 is 11.6 Å². The van der Waals surface area contributed by atoms with Crippen LogP contribution in [0.15, 0.2) is 16.6 Å². The number of hydrogen-bond donors (Lipinski definition) is 1. The average molecular weight is 361 g/mol. The first-order chi connectivity index (χ1) is 10.1. The summed E-state index contributed by atoms with van der Waals surface area (Å²) in [6.07, 6.45) is 3.67. The quantitative estimate of drug-likeness (QED) is 0.645. The molecule has 1 amide bonds. The Morgan fingerprint density at radius 2 is 1.95 bits per heavy atom. The van der Waals surface area contributed by atoms with Gasteiger partial charge in [-0.1, -0.05) is 0 Å². The highest BCUT2D eigenvalue weighted by atomic mass is 79.9. The number of piperidine rings is 1. The van der Waals surface area contributed by atoms with Crippen LogP contribution in [-0.2, 0) is 11.3 Å². The lowest BCUT2D eigenvalue weighted by molar-refractivity contribution is -0.131. The van der Waals surface area contributed by atoms with Crippen LogP contribution in [-0.4, -0.2) is 30.4 Å². The van der Waals surface area contributed by atoms with Gasteiger partial charge in [-0.25, -0.2) is 8.78 Å². The van der Waals surface area contributed by atoms with Crippen LogP contribution < -0.4 is 5.32 Å². The predicted octanol–water partition coefficient (Wildman–Crippen LogP) is 3.22. The molecule has 2 rings (SSSR count). The molecule has 21 heavy (non-hydrogen) atoms. The van der Waals surface area contributed by atoms with E-state index in [4.69, 9.17) is 0 Å². The van der Waals surface area contributed by atoms with Crippen LogP contribution in [0.5, 0.6) is 0 Å². The molecular weight excluding hydrogens is 342 g/mol. The lowest BCUT2D eigenvalue weighted by Gasteiger charge is -2.26. The molecular formula is C15H19BrF2N2O. The number of likely N-dealkylation sites (tertiary alicyclic amines) is 1. The highest BCUT2D eigenvalue weighted by Crippen LogP contribution is 2.21. The first kappa shape index (κ1) is 16.4. The van der Waals surface area contributed by atoms with Gasteiger partial charge in [0.25, 0.3) is 0 Å². The van der Waals surface area contributed by atoms with Crippen molar-refractivity contribution in [2.45, 2.75) is 32.2 Å². The molecule has 116 valence electrons. The van der Waals surface area contributed by atoms with Gasteiger partial charge in [-0.15, -0.1) is 0 Å². The van der Waals surface area contributed by atoms with Crippen LogP contribution in [0.1, 0.15) is 31.2 Å². The zero-order valence-corrected chi connectivity index (χ0v) is 13.4. The van der Waals surface area contributed by atoms with Gasteiger partial charge in [0.05, 0.1) is 4.47 Å². The third kappa shape index (κ3) is 4.48. The normalized spacial score (nSPS) is 15.3. The fraction of sp³-hybridized carbons (Fsp3) is 0.533. The fourth-order valence-corrected chi connectivity index (χ4v) is 2.81. The third-order valence-corrected chi connectivity index (χ3v) is 4.28. The zero-order valence-electron chi connectivity index (χ0n) is 11.8. The number of carbonyl (C=O) groups excluding carboxylic acids is 1.